The summed E-state index contributed by atoms with van der Waals surface area (Å²) in [6.07, 6.45) is 4.38. The summed E-state index contributed by atoms with van der Waals surface area (Å²) in [7, 11) is 0. The first-order valence-corrected chi connectivity index (χ1v) is 8.74. The van der Waals surface area contributed by atoms with Gasteiger partial charge in [0.15, 0.2) is 5.60 Å². The lowest BCUT2D eigenvalue weighted by atomic mass is 9.66. The SMILES string of the molecule is CC1(C)[C@@]2(C(=O)N(c3ccccn3)c3ccccn3)CC[C@]1(C)C(=O)O2. The lowest BCUT2D eigenvalue weighted by Gasteiger charge is -2.38. The summed E-state index contributed by atoms with van der Waals surface area (Å²) < 4.78 is 5.77. The minimum absolute atomic E-state index is 0.297. The summed E-state index contributed by atoms with van der Waals surface area (Å²) in [4.78, 5) is 36.5. The van der Waals surface area contributed by atoms with E-state index in [0.717, 1.165) is 0 Å². The van der Waals surface area contributed by atoms with Crippen molar-refractivity contribution < 1.29 is 14.3 Å². The smallest absolute Gasteiger partial charge is 0.313 e. The van der Waals surface area contributed by atoms with E-state index in [4.69, 9.17) is 4.74 Å². The minimum Gasteiger partial charge on any atom is -0.448 e. The molecule has 0 spiro atoms. The Morgan fingerprint density at radius 2 is 1.58 bits per heavy atom. The lowest BCUT2D eigenvalue weighted by molar-refractivity contribution is -0.166. The predicted octanol–water partition coefficient (Wildman–Crippen LogP) is 3.26. The second-order valence-corrected chi connectivity index (χ2v) is 7.69. The van der Waals surface area contributed by atoms with Gasteiger partial charge < -0.3 is 4.74 Å². The highest BCUT2D eigenvalue weighted by molar-refractivity contribution is 6.08. The average molecular weight is 351 g/mol. The summed E-state index contributed by atoms with van der Waals surface area (Å²) in [6, 6.07) is 10.7. The van der Waals surface area contributed by atoms with Crippen LogP contribution < -0.4 is 4.90 Å². The maximum absolute atomic E-state index is 13.8. The summed E-state index contributed by atoms with van der Waals surface area (Å²) in [6.45, 7) is 5.78. The molecule has 2 fully saturated rings. The third-order valence-corrected chi connectivity index (χ3v) is 6.39. The van der Waals surface area contributed by atoms with Gasteiger partial charge in [0, 0.05) is 17.8 Å². The van der Waals surface area contributed by atoms with Crippen molar-refractivity contribution in [2.45, 2.75) is 39.2 Å². The number of aromatic nitrogens is 2. The van der Waals surface area contributed by atoms with Crippen LogP contribution in [0.15, 0.2) is 48.8 Å². The third-order valence-electron chi connectivity index (χ3n) is 6.39. The second-order valence-electron chi connectivity index (χ2n) is 7.69. The zero-order chi connectivity index (χ0) is 18.6. The zero-order valence-corrected chi connectivity index (χ0v) is 15.1. The number of hydrogen-bond donors (Lipinski definition) is 0. The Balaban J connectivity index is 1.86. The van der Waals surface area contributed by atoms with E-state index in [0.29, 0.717) is 24.5 Å². The van der Waals surface area contributed by atoms with Crippen molar-refractivity contribution in [3.8, 4) is 0 Å². The number of hydrogen-bond acceptors (Lipinski definition) is 5. The Morgan fingerprint density at radius 3 is 1.96 bits per heavy atom. The molecule has 1 saturated carbocycles. The van der Waals surface area contributed by atoms with Gasteiger partial charge in [0.25, 0.3) is 5.91 Å². The monoisotopic (exact) mass is 351 g/mol. The third kappa shape index (κ3) is 1.92. The van der Waals surface area contributed by atoms with Gasteiger partial charge in [-0.05, 0) is 44.0 Å². The quantitative estimate of drug-likeness (QED) is 0.794. The molecule has 2 aromatic heterocycles. The zero-order valence-electron chi connectivity index (χ0n) is 15.1. The molecule has 2 atom stereocenters. The highest BCUT2D eigenvalue weighted by Crippen LogP contribution is 2.66. The van der Waals surface area contributed by atoms with Gasteiger partial charge in [-0.1, -0.05) is 26.0 Å². The number of nitrogens with zero attached hydrogens (tertiary/aromatic N) is 3. The number of anilines is 2. The molecule has 0 radical (unpaired) electrons. The summed E-state index contributed by atoms with van der Waals surface area (Å²) in [5.41, 5.74) is -2.51. The highest BCUT2D eigenvalue weighted by atomic mass is 16.6. The highest BCUT2D eigenvalue weighted by Gasteiger charge is 2.76. The largest absolute Gasteiger partial charge is 0.448 e. The van der Waals surface area contributed by atoms with Gasteiger partial charge in [-0.2, -0.15) is 0 Å². The Hall–Kier alpha value is -2.76. The van der Waals surface area contributed by atoms with E-state index in [1.165, 1.54) is 4.90 Å². The molecule has 0 unspecified atom stereocenters. The first-order chi connectivity index (χ1) is 12.3. The molecule has 26 heavy (non-hydrogen) atoms. The van der Waals surface area contributed by atoms with E-state index in [2.05, 4.69) is 9.97 Å². The van der Waals surface area contributed by atoms with Crippen LogP contribution in [0, 0.1) is 10.8 Å². The Morgan fingerprint density at radius 1 is 1.00 bits per heavy atom. The molecule has 134 valence electrons. The fourth-order valence-electron chi connectivity index (χ4n) is 4.20. The van der Waals surface area contributed by atoms with Crippen molar-refractivity contribution >= 4 is 23.5 Å². The Bertz CT molecular complexity index is 829. The van der Waals surface area contributed by atoms with E-state index < -0.39 is 16.4 Å². The van der Waals surface area contributed by atoms with Crippen LogP contribution in [0.2, 0.25) is 0 Å². The van der Waals surface area contributed by atoms with Gasteiger partial charge in [0.1, 0.15) is 11.6 Å². The van der Waals surface area contributed by atoms with Gasteiger partial charge in [0.05, 0.1) is 5.41 Å². The molecular formula is C20H21N3O3. The van der Waals surface area contributed by atoms with E-state index in [1.807, 2.05) is 32.9 Å². The molecule has 6 heteroatoms. The van der Waals surface area contributed by atoms with Crippen molar-refractivity contribution in [1.29, 1.82) is 0 Å². The number of esters is 1. The first kappa shape index (κ1) is 16.7. The molecule has 1 aliphatic carbocycles. The second kappa shape index (κ2) is 5.37. The minimum atomic E-state index is -1.21. The van der Waals surface area contributed by atoms with Crippen LogP contribution >= 0.6 is 0 Å². The summed E-state index contributed by atoms with van der Waals surface area (Å²) in [5, 5.41) is 0. The molecule has 0 N–H and O–H groups in total. The maximum Gasteiger partial charge on any atom is 0.313 e. The molecule has 3 heterocycles. The molecule has 1 amide bonds. The predicted molar refractivity (Wildman–Crippen MR) is 95.6 cm³/mol. The van der Waals surface area contributed by atoms with Crippen molar-refractivity contribution in [1.82, 2.24) is 9.97 Å². The van der Waals surface area contributed by atoms with Crippen LogP contribution in [0.5, 0.6) is 0 Å². The van der Waals surface area contributed by atoms with E-state index in [9.17, 15) is 9.59 Å². The van der Waals surface area contributed by atoms with E-state index >= 15 is 0 Å². The lowest BCUT2D eigenvalue weighted by Crippen LogP contribution is -2.54. The van der Waals surface area contributed by atoms with Gasteiger partial charge in [0.2, 0.25) is 0 Å². The Labute approximate surface area is 152 Å². The van der Waals surface area contributed by atoms with Gasteiger partial charge >= 0.3 is 5.97 Å². The molecule has 2 aromatic rings. The van der Waals surface area contributed by atoms with Crippen molar-refractivity contribution in [2.75, 3.05) is 4.90 Å². The van der Waals surface area contributed by atoms with Crippen LogP contribution in [-0.4, -0.2) is 27.4 Å². The molecule has 2 aliphatic rings. The molecular weight excluding hydrogens is 330 g/mol. The maximum atomic E-state index is 13.8. The molecule has 2 bridgehead atoms. The standard InChI is InChI=1S/C20H21N3O3/c1-18(2)19(3)10-11-20(18,26-17(19)25)16(24)23(14-8-4-6-12-21-14)15-9-5-7-13-22-15/h4-9,12-13H,10-11H2,1-3H3/t19-,20+/m1/s1. The van der Waals surface area contributed by atoms with E-state index in [-0.39, 0.29) is 11.9 Å². The van der Waals surface area contributed by atoms with Gasteiger partial charge in [-0.25, -0.2) is 14.9 Å². The first-order valence-electron chi connectivity index (χ1n) is 8.74. The molecule has 1 saturated heterocycles. The van der Waals surface area contributed by atoms with Crippen LogP contribution in [0.3, 0.4) is 0 Å². The number of ether oxygens (including phenoxy) is 1. The average Bonchev–Trinajstić information content (AvgIpc) is 2.94. The number of carbonyl (C=O) groups is 2. The van der Waals surface area contributed by atoms with Gasteiger partial charge in [-0.3, -0.25) is 9.59 Å². The number of pyridine rings is 2. The molecule has 6 nitrogen and oxygen atoms in total. The topological polar surface area (TPSA) is 72.4 Å². The van der Waals surface area contributed by atoms with Crippen LogP contribution in [0.25, 0.3) is 0 Å². The fraction of sp³-hybridized carbons (Fsp3) is 0.400. The molecule has 0 aromatic carbocycles. The molecule has 4 rings (SSSR count). The molecule has 1 aliphatic heterocycles. The number of fused-ring (bicyclic) bond motifs is 2. The summed E-state index contributed by atoms with van der Waals surface area (Å²) >= 11 is 0. The van der Waals surface area contributed by atoms with Crippen LogP contribution in [0.4, 0.5) is 11.6 Å². The van der Waals surface area contributed by atoms with Crippen molar-refractivity contribution in [3.05, 3.63) is 48.8 Å². The fourth-order valence-corrected chi connectivity index (χ4v) is 4.20. The van der Waals surface area contributed by atoms with Gasteiger partial charge in [-0.15, -0.1) is 0 Å². The number of rotatable bonds is 3. The van der Waals surface area contributed by atoms with Crippen LogP contribution in [-0.2, 0) is 14.3 Å². The van der Waals surface area contributed by atoms with Crippen molar-refractivity contribution in [2.24, 2.45) is 10.8 Å². The summed E-state index contributed by atoms with van der Waals surface area (Å²) in [5.74, 6) is 0.314. The Kier molecular flexibility index (Phi) is 3.45. The van der Waals surface area contributed by atoms with Crippen LogP contribution in [0.1, 0.15) is 33.6 Å². The van der Waals surface area contributed by atoms with Crippen molar-refractivity contribution in [3.63, 3.8) is 0 Å². The van der Waals surface area contributed by atoms with E-state index in [1.54, 1.807) is 36.7 Å². The number of carbonyl (C=O) groups excluding carboxylic acids is 2. The normalized spacial score (nSPS) is 28.7. The number of amides is 1.